The predicted octanol–water partition coefficient (Wildman–Crippen LogP) is 3.93. The molecule has 6 nitrogen and oxygen atoms in total. The van der Waals surface area contributed by atoms with Gasteiger partial charge in [0.2, 0.25) is 5.95 Å². The molecule has 26 heavy (non-hydrogen) atoms. The number of piperidine rings is 1. The molecule has 3 rings (SSSR count). The topological polar surface area (TPSA) is 81.3 Å². The summed E-state index contributed by atoms with van der Waals surface area (Å²) in [6.07, 6.45) is 0.298. The van der Waals surface area contributed by atoms with E-state index in [0.29, 0.717) is 29.1 Å². The Kier molecular flexibility index (Phi) is 4.92. The van der Waals surface area contributed by atoms with E-state index in [1.54, 1.807) is 39.1 Å². The number of rotatable bonds is 1. The second-order valence-electron chi connectivity index (χ2n) is 7.50. The van der Waals surface area contributed by atoms with Gasteiger partial charge in [-0.25, -0.2) is 19.2 Å². The normalized spacial score (nSPS) is 21.0. The first kappa shape index (κ1) is 18.6. The van der Waals surface area contributed by atoms with Crippen molar-refractivity contribution in [3.05, 3.63) is 28.9 Å². The van der Waals surface area contributed by atoms with E-state index in [9.17, 15) is 9.18 Å². The Morgan fingerprint density at radius 2 is 2.15 bits per heavy atom. The quantitative estimate of drug-likeness (QED) is 0.810. The summed E-state index contributed by atoms with van der Waals surface area (Å²) in [5.74, 6) is -0.260. The Bertz CT molecular complexity index is 840. The molecule has 0 aliphatic carbocycles. The predicted molar refractivity (Wildman–Crippen MR) is 99.0 cm³/mol. The van der Waals surface area contributed by atoms with Gasteiger partial charge in [-0.1, -0.05) is 11.6 Å². The van der Waals surface area contributed by atoms with Crippen LogP contribution in [0.25, 0.3) is 10.9 Å². The second kappa shape index (κ2) is 6.87. The number of nitrogens with two attached hydrogens (primary N) is 1. The molecule has 1 saturated heterocycles. The molecule has 0 bridgehead atoms. The zero-order chi connectivity index (χ0) is 19.1. The van der Waals surface area contributed by atoms with Gasteiger partial charge in [0.1, 0.15) is 11.8 Å². The smallest absolute Gasteiger partial charge is 0.410 e. The number of alkyl halides is 1. The van der Waals surface area contributed by atoms with Gasteiger partial charge in [-0.05, 0) is 44.9 Å². The number of fused-ring (bicyclic) bond motifs is 1. The van der Waals surface area contributed by atoms with Gasteiger partial charge < -0.3 is 15.4 Å². The Hall–Kier alpha value is -2.15. The van der Waals surface area contributed by atoms with Crippen molar-refractivity contribution in [3.8, 4) is 0 Å². The number of aromatic nitrogens is 2. The standard InChI is InChI=1S/C18H22ClFN4O2/c1-18(2,3)26-17(25)24-5-4-11(14(20)9-24)12-7-15-10(6-13(12)19)8-22-16(21)23-15/h6-8,11,14H,4-5,9H2,1-3H3,(H2,21,22,23)/t11-,14+/m1/s1. The minimum atomic E-state index is -1.24. The van der Waals surface area contributed by atoms with Crippen LogP contribution in [0.2, 0.25) is 5.02 Å². The lowest BCUT2D eigenvalue weighted by molar-refractivity contribution is 0.0111. The first-order chi connectivity index (χ1) is 12.1. The van der Waals surface area contributed by atoms with Gasteiger partial charge >= 0.3 is 6.09 Å². The molecule has 0 saturated carbocycles. The maximum atomic E-state index is 14.9. The van der Waals surface area contributed by atoms with E-state index >= 15 is 0 Å². The number of amides is 1. The molecule has 8 heteroatoms. The lowest BCUT2D eigenvalue weighted by Gasteiger charge is -2.36. The number of ether oxygens (including phenoxy) is 1. The van der Waals surface area contributed by atoms with Crippen molar-refractivity contribution in [2.75, 3.05) is 18.8 Å². The van der Waals surface area contributed by atoms with Crippen LogP contribution in [-0.2, 0) is 4.74 Å². The van der Waals surface area contributed by atoms with Crippen LogP contribution < -0.4 is 5.73 Å². The van der Waals surface area contributed by atoms with Crippen LogP contribution in [0.5, 0.6) is 0 Å². The monoisotopic (exact) mass is 380 g/mol. The largest absolute Gasteiger partial charge is 0.444 e. The number of hydrogen-bond acceptors (Lipinski definition) is 5. The van der Waals surface area contributed by atoms with Crippen LogP contribution in [0.4, 0.5) is 15.1 Å². The number of anilines is 1. The Morgan fingerprint density at radius 1 is 1.42 bits per heavy atom. The number of likely N-dealkylation sites (tertiary alicyclic amines) is 1. The van der Waals surface area contributed by atoms with Crippen LogP contribution in [0.15, 0.2) is 18.3 Å². The summed E-state index contributed by atoms with van der Waals surface area (Å²) in [5.41, 5.74) is 6.32. The number of hydrogen-bond donors (Lipinski definition) is 1. The molecule has 1 fully saturated rings. The molecule has 2 aromatic rings. The van der Waals surface area contributed by atoms with E-state index in [-0.39, 0.29) is 12.5 Å². The van der Waals surface area contributed by atoms with Gasteiger partial charge in [0.15, 0.2) is 0 Å². The number of benzene rings is 1. The third-order valence-corrected chi connectivity index (χ3v) is 4.64. The van der Waals surface area contributed by atoms with Crippen molar-refractivity contribution >= 4 is 34.5 Å². The van der Waals surface area contributed by atoms with Crippen LogP contribution in [0.1, 0.15) is 38.7 Å². The number of carbonyl (C=O) groups excluding carboxylic acids is 1. The maximum absolute atomic E-state index is 14.9. The fourth-order valence-electron chi connectivity index (χ4n) is 3.11. The van der Waals surface area contributed by atoms with Gasteiger partial charge in [0, 0.05) is 29.1 Å². The van der Waals surface area contributed by atoms with E-state index in [2.05, 4.69) is 9.97 Å². The van der Waals surface area contributed by atoms with Crippen LogP contribution >= 0.6 is 11.6 Å². The van der Waals surface area contributed by atoms with E-state index < -0.39 is 23.8 Å². The average Bonchev–Trinajstić information content (AvgIpc) is 2.53. The molecular weight excluding hydrogens is 359 g/mol. The first-order valence-corrected chi connectivity index (χ1v) is 8.85. The lowest BCUT2D eigenvalue weighted by Crippen LogP contribution is -2.46. The first-order valence-electron chi connectivity index (χ1n) is 8.48. The Labute approximate surface area is 156 Å². The molecule has 0 radical (unpaired) electrons. The summed E-state index contributed by atoms with van der Waals surface area (Å²) in [6, 6.07) is 3.48. The summed E-state index contributed by atoms with van der Waals surface area (Å²) < 4.78 is 20.2. The summed E-state index contributed by atoms with van der Waals surface area (Å²) >= 11 is 6.37. The van der Waals surface area contributed by atoms with Crippen molar-refractivity contribution in [2.24, 2.45) is 0 Å². The summed E-state index contributed by atoms with van der Waals surface area (Å²) in [4.78, 5) is 21.7. The highest BCUT2D eigenvalue weighted by atomic mass is 35.5. The summed E-state index contributed by atoms with van der Waals surface area (Å²) in [6.45, 7) is 5.73. The number of nitrogen functional groups attached to an aromatic ring is 1. The Balaban J connectivity index is 1.80. The van der Waals surface area contributed by atoms with Crippen LogP contribution in [0, 0.1) is 0 Å². The second-order valence-corrected chi connectivity index (χ2v) is 7.91. The molecule has 1 aliphatic rings. The van der Waals surface area contributed by atoms with Gasteiger partial charge in [-0.15, -0.1) is 0 Å². The van der Waals surface area contributed by atoms with E-state index in [0.717, 1.165) is 5.39 Å². The molecule has 1 aromatic carbocycles. The van der Waals surface area contributed by atoms with E-state index in [4.69, 9.17) is 22.1 Å². The third kappa shape index (κ3) is 3.98. The van der Waals surface area contributed by atoms with Gasteiger partial charge in [0.25, 0.3) is 0 Å². The number of halogens is 2. The molecule has 0 spiro atoms. The third-order valence-electron chi connectivity index (χ3n) is 4.31. The molecule has 1 amide bonds. The highest BCUT2D eigenvalue weighted by molar-refractivity contribution is 6.32. The fourth-order valence-corrected chi connectivity index (χ4v) is 3.43. The highest BCUT2D eigenvalue weighted by Gasteiger charge is 2.35. The van der Waals surface area contributed by atoms with E-state index in [1.165, 1.54) is 4.90 Å². The highest BCUT2D eigenvalue weighted by Crippen LogP contribution is 2.37. The average molecular weight is 381 g/mol. The van der Waals surface area contributed by atoms with E-state index in [1.807, 2.05) is 0 Å². The fraction of sp³-hybridized carbons (Fsp3) is 0.500. The van der Waals surface area contributed by atoms with Crippen molar-refractivity contribution in [1.29, 1.82) is 0 Å². The molecular formula is C18H22ClFN4O2. The lowest BCUT2D eigenvalue weighted by atomic mass is 9.87. The molecule has 140 valence electrons. The molecule has 2 N–H and O–H groups in total. The summed E-state index contributed by atoms with van der Waals surface area (Å²) in [7, 11) is 0. The molecule has 2 heterocycles. The van der Waals surface area contributed by atoms with Crippen molar-refractivity contribution in [3.63, 3.8) is 0 Å². The van der Waals surface area contributed by atoms with Crippen molar-refractivity contribution in [1.82, 2.24) is 14.9 Å². The number of nitrogens with zero attached hydrogens (tertiary/aromatic N) is 3. The molecule has 0 unspecified atom stereocenters. The maximum Gasteiger partial charge on any atom is 0.410 e. The molecule has 1 aliphatic heterocycles. The minimum absolute atomic E-state index is 0.0279. The van der Waals surface area contributed by atoms with Gasteiger partial charge in [-0.2, -0.15) is 0 Å². The van der Waals surface area contributed by atoms with Crippen molar-refractivity contribution < 1.29 is 13.9 Å². The molecule has 1 aromatic heterocycles. The Morgan fingerprint density at radius 3 is 2.81 bits per heavy atom. The van der Waals surface area contributed by atoms with Crippen molar-refractivity contribution in [2.45, 2.75) is 44.9 Å². The minimum Gasteiger partial charge on any atom is -0.444 e. The van der Waals surface area contributed by atoms with Crippen LogP contribution in [0.3, 0.4) is 0 Å². The summed E-state index contributed by atoms with van der Waals surface area (Å²) in [5, 5.41) is 1.21. The SMILES string of the molecule is CC(C)(C)OC(=O)N1CC[C@H](c2cc3nc(N)ncc3cc2Cl)[C@@H](F)C1. The van der Waals surface area contributed by atoms with Gasteiger partial charge in [-0.3, -0.25) is 0 Å². The number of carbonyl (C=O) groups is 1. The van der Waals surface area contributed by atoms with Gasteiger partial charge in [0.05, 0.1) is 12.1 Å². The zero-order valence-corrected chi connectivity index (χ0v) is 15.8. The van der Waals surface area contributed by atoms with Crippen LogP contribution in [-0.4, -0.2) is 45.8 Å². The molecule has 2 atom stereocenters. The zero-order valence-electron chi connectivity index (χ0n) is 15.0.